The second-order valence-corrected chi connectivity index (χ2v) is 6.67. The molecule has 1 heterocycles. The highest BCUT2D eigenvalue weighted by Crippen LogP contribution is 2.30. The van der Waals surface area contributed by atoms with Crippen molar-refractivity contribution in [2.45, 2.75) is 19.4 Å². The van der Waals surface area contributed by atoms with E-state index >= 15 is 0 Å². The van der Waals surface area contributed by atoms with Crippen LogP contribution in [0.2, 0.25) is 0 Å². The van der Waals surface area contributed by atoms with Gasteiger partial charge in [-0.3, -0.25) is 0 Å². The fourth-order valence-corrected chi connectivity index (χ4v) is 3.01. The van der Waals surface area contributed by atoms with Gasteiger partial charge in [0.25, 0.3) is 0 Å². The summed E-state index contributed by atoms with van der Waals surface area (Å²) in [6.07, 6.45) is 1.89. The molecule has 0 aliphatic carbocycles. The molecule has 0 amide bonds. The smallest absolute Gasteiger partial charge is 0.149 e. The zero-order valence-corrected chi connectivity index (χ0v) is 11.3. The van der Waals surface area contributed by atoms with E-state index in [9.17, 15) is 8.42 Å². The number of nitrogens with two attached hydrogens (primary N) is 1. The Balaban J connectivity index is 2.54. The van der Waals surface area contributed by atoms with Crippen LogP contribution < -0.4 is 5.73 Å². The number of hydrogen-bond acceptors (Lipinski definition) is 4. The molecule has 0 saturated carbocycles. The van der Waals surface area contributed by atoms with E-state index in [0.29, 0.717) is 6.42 Å². The van der Waals surface area contributed by atoms with Gasteiger partial charge in [0.1, 0.15) is 21.2 Å². The molecule has 98 valence electrons. The highest BCUT2D eigenvalue weighted by atomic mass is 32.2. The number of aryl methyl sites for hydroxylation is 1. The monoisotopic (exact) mass is 267 g/mol. The first-order valence-corrected chi connectivity index (χ1v) is 7.92. The standard InChI is InChI=1S/C13H17NO3S/c1-3-11-13(10(14)8-18(2,15)16)9-6-4-5-7-12(9)17-11/h4-7,10H,3,8,14H2,1-2H3. The van der Waals surface area contributed by atoms with Crippen molar-refractivity contribution in [1.82, 2.24) is 0 Å². The van der Waals surface area contributed by atoms with Crippen LogP contribution in [-0.4, -0.2) is 20.4 Å². The molecule has 4 nitrogen and oxygen atoms in total. The molecule has 0 radical (unpaired) electrons. The van der Waals surface area contributed by atoms with Crippen molar-refractivity contribution in [3.63, 3.8) is 0 Å². The molecule has 0 aliphatic rings. The first-order valence-electron chi connectivity index (χ1n) is 5.86. The molecule has 1 atom stereocenters. The number of furan rings is 1. The molecule has 1 aromatic heterocycles. The number of benzene rings is 1. The summed E-state index contributed by atoms with van der Waals surface area (Å²) < 4.78 is 28.4. The van der Waals surface area contributed by atoms with Gasteiger partial charge < -0.3 is 10.2 Å². The van der Waals surface area contributed by atoms with Gasteiger partial charge in [-0.05, 0) is 6.07 Å². The van der Waals surface area contributed by atoms with Crippen LogP contribution in [0, 0.1) is 0 Å². The van der Waals surface area contributed by atoms with E-state index in [-0.39, 0.29) is 5.75 Å². The van der Waals surface area contributed by atoms with E-state index in [1.807, 2.05) is 31.2 Å². The molecule has 2 aromatic rings. The minimum Gasteiger partial charge on any atom is -0.461 e. The Morgan fingerprint density at radius 3 is 2.61 bits per heavy atom. The Kier molecular flexibility index (Phi) is 3.45. The van der Waals surface area contributed by atoms with Gasteiger partial charge in [0.05, 0.1) is 5.75 Å². The van der Waals surface area contributed by atoms with Crippen LogP contribution in [-0.2, 0) is 16.3 Å². The lowest BCUT2D eigenvalue weighted by molar-refractivity contribution is 0.543. The van der Waals surface area contributed by atoms with Crippen LogP contribution in [0.15, 0.2) is 28.7 Å². The maximum Gasteiger partial charge on any atom is 0.149 e. The Morgan fingerprint density at radius 1 is 1.33 bits per heavy atom. The summed E-state index contributed by atoms with van der Waals surface area (Å²) in [7, 11) is -3.11. The highest BCUT2D eigenvalue weighted by Gasteiger charge is 2.21. The van der Waals surface area contributed by atoms with Crippen LogP contribution in [0.25, 0.3) is 11.0 Å². The maximum absolute atomic E-state index is 11.4. The third-order valence-electron chi connectivity index (χ3n) is 2.89. The summed E-state index contributed by atoms with van der Waals surface area (Å²) in [5, 5.41) is 0.908. The molecule has 1 aromatic carbocycles. The van der Waals surface area contributed by atoms with Crippen LogP contribution in [0.5, 0.6) is 0 Å². The fraction of sp³-hybridized carbons (Fsp3) is 0.385. The molecule has 18 heavy (non-hydrogen) atoms. The molecular weight excluding hydrogens is 250 g/mol. The van der Waals surface area contributed by atoms with Crippen LogP contribution in [0.4, 0.5) is 0 Å². The maximum atomic E-state index is 11.4. The summed E-state index contributed by atoms with van der Waals surface area (Å²) in [5.41, 5.74) is 7.60. The molecule has 2 rings (SSSR count). The Bertz CT molecular complexity index is 658. The largest absolute Gasteiger partial charge is 0.461 e. The summed E-state index contributed by atoms with van der Waals surface area (Å²) in [4.78, 5) is 0. The molecule has 0 fully saturated rings. The number of fused-ring (bicyclic) bond motifs is 1. The number of rotatable bonds is 4. The van der Waals surface area contributed by atoms with Gasteiger partial charge >= 0.3 is 0 Å². The lowest BCUT2D eigenvalue weighted by Crippen LogP contribution is -2.21. The molecule has 5 heteroatoms. The van der Waals surface area contributed by atoms with Crippen molar-refractivity contribution in [2.24, 2.45) is 5.73 Å². The summed E-state index contributed by atoms with van der Waals surface area (Å²) in [6.45, 7) is 1.97. The topological polar surface area (TPSA) is 73.3 Å². The lowest BCUT2D eigenvalue weighted by Gasteiger charge is -2.10. The normalized spacial score (nSPS) is 13.9. The second-order valence-electron chi connectivity index (χ2n) is 4.49. The van der Waals surface area contributed by atoms with Crippen molar-refractivity contribution in [1.29, 1.82) is 0 Å². The van der Waals surface area contributed by atoms with Gasteiger partial charge in [-0.2, -0.15) is 0 Å². The zero-order chi connectivity index (χ0) is 13.3. The van der Waals surface area contributed by atoms with Crippen molar-refractivity contribution >= 4 is 20.8 Å². The predicted octanol–water partition coefficient (Wildman–Crippen LogP) is 2.04. The van der Waals surface area contributed by atoms with E-state index < -0.39 is 15.9 Å². The molecule has 0 bridgehead atoms. The van der Waals surface area contributed by atoms with Crippen molar-refractivity contribution in [2.75, 3.05) is 12.0 Å². The Hall–Kier alpha value is -1.33. The van der Waals surface area contributed by atoms with E-state index in [0.717, 1.165) is 22.3 Å². The molecule has 0 saturated heterocycles. The molecule has 2 N–H and O–H groups in total. The van der Waals surface area contributed by atoms with Gasteiger partial charge in [0, 0.05) is 29.7 Å². The summed E-state index contributed by atoms with van der Waals surface area (Å²) in [6, 6.07) is 7.02. The Morgan fingerprint density at radius 2 is 2.00 bits per heavy atom. The van der Waals surface area contributed by atoms with E-state index in [2.05, 4.69) is 0 Å². The van der Waals surface area contributed by atoms with E-state index in [1.165, 1.54) is 6.26 Å². The predicted molar refractivity (Wildman–Crippen MR) is 72.2 cm³/mol. The van der Waals surface area contributed by atoms with Gasteiger partial charge in [-0.1, -0.05) is 25.1 Å². The van der Waals surface area contributed by atoms with Crippen LogP contribution in [0.1, 0.15) is 24.3 Å². The van der Waals surface area contributed by atoms with Crippen LogP contribution in [0.3, 0.4) is 0 Å². The van der Waals surface area contributed by atoms with Gasteiger partial charge in [0.15, 0.2) is 0 Å². The zero-order valence-electron chi connectivity index (χ0n) is 10.5. The molecule has 1 unspecified atom stereocenters. The Labute approximate surface area is 107 Å². The summed E-state index contributed by atoms with van der Waals surface area (Å²) in [5.74, 6) is 0.705. The lowest BCUT2D eigenvalue weighted by atomic mass is 10.0. The quantitative estimate of drug-likeness (QED) is 0.920. The van der Waals surface area contributed by atoms with Crippen molar-refractivity contribution < 1.29 is 12.8 Å². The number of para-hydroxylation sites is 1. The van der Waals surface area contributed by atoms with Crippen LogP contribution >= 0.6 is 0 Å². The van der Waals surface area contributed by atoms with Crippen molar-refractivity contribution in [3.05, 3.63) is 35.6 Å². The van der Waals surface area contributed by atoms with E-state index in [4.69, 9.17) is 10.2 Å². The van der Waals surface area contributed by atoms with Crippen molar-refractivity contribution in [3.8, 4) is 0 Å². The first kappa shape index (κ1) is 13.1. The summed E-state index contributed by atoms with van der Waals surface area (Å²) >= 11 is 0. The molecule has 0 aliphatic heterocycles. The SMILES string of the molecule is CCc1oc2ccccc2c1C(N)CS(C)(=O)=O. The van der Waals surface area contributed by atoms with Gasteiger partial charge in [-0.25, -0.2) is 8.42 Å². The molecular formula is C13H17NO3S. The first-order chi connectivity index (χ1) is 8.42. The number of sulfone groups is 1. The van der Waals surface area contributed by atoms with Gasteiger partial charge in [0.2, 0.25) is 0 Å². The van der Waals surface area contributed by atoms with E-state index in [1.54, 1.807) is 0 Å². The minimum atomic E-state index is -3.11. The average Bonchev–Trinajstić information content (AvgIpc) is 2.64. The third-order valence-corrected chi connectivity index (χ3v) is 3.85. The second kappa shape index (κ2) is 4.74. The van der Waals surface area contributed by atoms with Gasteiger partial charge in [-0.15, -0.1) is 0 Å². The molecule has 0 spiro atoms. The highest BCUT2D eigenvalue weighted by molar-refractivity contribution is 7.90. The third kappa shape index (κ3) is 2.57. The fourth-order valence-electron chi connectivity index (χ4n) is 2.19. The minimum absolute atomic E-state index is 0.0659. The number of hydrogen-bond donors (Lipinski definition) is 1. The average molecular weight is 267 g/mol.